The van der Waals surface area contributed by atoms with Gasteiger partial charge in [-0.15, -0.1) is 0 Å². The van der Waals surface area contributed by atoms with Gasteiger partial charge in [-0.2, -0.15) is 0 Å². The van der Waals surface area contributed by atoms with Gasteiger partial charge in [0.25, 0.3) is 0 Å². The van der Waals surface area contributed by atoms with Crippen LogP contribution >= 0.6 is 11.6 Å². The zero-order valence-electron chi connectivity index (χ0n) is 15.6. The fraction of sp³-hybridized carbons (Fsp3) is 0.300. The number of benzene rings is 2. The summed E-state index contributed by atoms with van der Waals surface area (Å²) in [5.41, 5.74) is 1.50. The highest BCUT2D eigenvalue weighted by Crippen LogP contribution is 2.31. The molecule has 0 atom stereocenters. The molecule has 1 N–H and O–H groups in total. The lowest BCUT2D eigenvalue weighted by atomic mass is 10.2. The molecule has 2 rings (SSSR count). The van der Waals surface area contributed by atoms with Crippen molar-refractivity contribution in [3.63, 3.8) is 0 Å². The van der Waals surface area contributed by atoms with E-state index < -0.39 is 0 Å². The minimum absolute atomic E-state index is 0.155. The predicted molar refractivity (Wildman–Crippen MR) is 105 cm³/mol. The number of carbonyl (C=O) groups is 2. The third kappa shape index (κ3) is 5.89. The highest BCUT2D eigenvalue weighted by atomic mass is 35.5. The van der Waals surface area contributed by atoms with Crippen LogP contribution in [0, 0.1) is 0 Å². The Morgan fingerprint density at radius 1 is 1.07 bits per heavy atom. The molecule has 0 unspecified atom stereocenters. The normalized spacial score (nSPS) is 10.2. The number of hydrogen-bond acceptors (Lipinski definition) is 4. The smallest absolute Gasteiger partial charge is 0.223 e. The standard InChI is InChI=1S/C20H23ClN2O4/c1-14(24)23(18-12-16(21)6-9-19(18)27-3)11-10-20(25)22-13-15-4-7-17(26-2)8-5-15/h4-9,12H,10-11,13H2,1-3H3,(H,22,25). The van der Waals surface area contributed by atoms with Crippen molar-refractivity contribution in [2.24, 2.45) is 0 Å². The van der Waals surface area contributed by atoms with Crippen LogP contribution in [-0.4, -0.2) is 32.6 Å². The molecule has 0 aliphatic carbocycles. The van der Waals surface area contributed by atoms with Gasteiger partial charge < -0.3 is 19.7 Å². The number of anilines is 1. The van der Waals surface area contributed by atoms with E-state index in [1.807, 2.05) is 24.3 Å². The maximum absolute atomic E-state index is 12.2. The summed E-state index contributed by atoms with van der Waals surface area (Å²) >= 11 is 6.04. The first kappa shape index (κ1) is 20.6. The summed E-state index contributed by atoms with van der Waals surface area (Å²) < 4.78 is 10.4. The fourth-order valence-electron chi connectivity index (χ4n) is 2.57. The summed E-state index contributed by atoms with van der Waals surface area (Å²) in [5.74, 6) is 0.933. The van der Waals surface area contributed by atoms with Crippen molar-refractivity contribution in [1.29, 1.82) is 0 Å². The molecule has 0 aromatic heterocycles. The molecular weight excluding hydrogens is 368 g/mol. The number of nitrogens with zero attached hydrogens (tertiary/aromatic N) is 1. The highest BCUT2D eigenvalue weighted by Gasteiger charge is 2.18. The second-order valence-electron chi connectivity index (χ2n) is 5.86. The first-order valence-electron chi connectivity index (χ1n) is 8.46. The molecule has 0 heterocycles. The third-order valence-electron chi connectivity index (χ3n) is 4.02. The van der Waals surface area contributed by atoms with Gasteiger partial charge >= 0.3 is 0 Å². The second-order valence-corrected chi connectivity index (χ2v) is 6.30. The zero-order chi connectivity index (χ0) is 19.8. The van der Waals surface area contributed by atoms with Gasteiger partial charge in [0, 0.05) is 31.5 Å². The van der Waals surface area contributed by atoms with Gasteiger partial charge in [-0.25, -0.2) is 0 Å². The van der Waals surface area contributed by atoms with Crippen LogP contribution in [0.1, 0.15) is 18.9 Å². The molecular formula is C20H23ClN2O4. The summed E-state index contributed by atoms with van der Waals surface area (Å²) in [6.07, 6.45) is 0.158. The molecule has 0 bridgehead atoms. The van der Waals surface area contributed by atoms with Crippen LogP contribution in [0.5, 0.6) is 11.5 Å². The van der Waals surface area contributed by atoms with Crippen molar-refractivity contribution in [2.75, 3.05) is 25.7 Å². The summed E-state index contributed by atoms with van der Waals surface area (Å²) in [6.45, 7) is 2.07. The van der Waals surface area contributed by atoms with Crippen molar-refractivity contribution < 1.29 is 19.1 Å². The second kappa shape index (κ2) is 9.83. The molecule has 0 aliphatic rings. The van der Waals surface area contributed by atoms with E-state index in [4.69, 9.17) is 21.1 Å². The summed E-state index contributed by atoms with van der Waals surface area (Å²) in [6, 6.07) is 12.5. The van der Waals surface area contributed by atoms with Crippen molar-refractivity contribution >= 4 is 29.1 Å². The van der Waals surface area contributed by atoms with Crippen LogP contribution in [0.4, 0.5) is 5.69 Å². The number of methoxy groups -OCH3 is 2. The largest absolute Gasteiger partial charge is 0.497 e. The number of nitrogens with one attached hydrogen (secondary N) is 1. The SMILES string of the molecule is COc1ccc(CNC(=O)CCN(C(C)=O)c2cc(Cl)ccc2OC)cc1. The van der Waals surface area contributed by atoms with Gasteiger partial charge in [-0.3, -0.25) is 9.59 Å². The van der Waals surface area contributed by atoms with Crippen LogP contribution in [0.2, 0.25) is 5.02 Å². The fourth-order valence-corrected chi connectivity index (χ4v) is 2.73. The van der Waals surface area contributed by atoms with Gasteiger partial charge in [0.1, 0.15) is 11.5 Å². The first-order chi connectivity index (χ1) is 12.9. The Morgan fingerprint density at radius 3 is 2.37 bits per heavy atom. The number of ether oxygens (including phenoxy) is 2. The van der Waals surface area contributed by atoms with Crippen LogP contribution in [0.25, 0.3) is 0 Å². The van der Waals surface area contributed by atoms with Crippen molar-refractivity contribution in [2.45, 2.75) is 19.9 Å². The Labute approximate surface area is 164 Å². The van der Waals surface area contributed by atoms with Crippen molar-refractivity contribution in [3.8, 4) is 11.5 Å². The van der Waals surface area contributed by atoms with E-state index in [-0.39, 0.29) is 24.8 Å². The van der Waals surface area contributed by atoms with Crippen LogP contribution < -0.4 is 19.7 Å². The maximum atomic E-state index is 12.2. The zero-order valence-corrected chi connectivity index (χ0v) is 16.4. The number of halogens is 1. The van der Waals surface area contributed by atoms with Crippen molar-refractivity contribution in [1.82, 2.24) is 5.32 Å². The summed E-state index contributed by atoms with van der Waals surface area (Å²) in [4.78, 5) is 25.7. The molecule has 2 aromatic carbocycles. The predicted octanol–water partition coefficient (Wildman–Crippen LogP) is 3.42. The lowest BCUT2D eigenvalue weighted by molar-refractivity contribution is -0.121. The molecule has 0 aliphatic heterocycles. The van der Waals surface area contributed by atoms with Gasteiger partial charge in [0.2, 0.25) is 11.8 Å². The lowest BCUT2D eigenvalue weighted by Crippen LogP contribution is -2.34. The number of rotatable bonds is 8. The molecule has 0 radical (unpaired) electrons. The van der Waals surface area contributed by atoms with Gasteiger partial charge in [0.15, 0.2) is 0 Å². The minimum atomic E-state index is -0.196. The maximum Gasteiger partial charge on any atom is 0.223 e. The monoisotopic (exact) mass is 390 g/mol. The van der Waals surface area contributed by atoms with Crippen LogP contribution in [0.15, 0.2) is 42.5 Å². The van der Waals surface area contributed by atoms with Gasteiger partial charge in [-0.05, 0) is 35.9 Å². The average molecular weight is 391 g/mol. The molecule has 2 amide bonds. The van der Waals surface area contributed by atoms with E-state index in [1.54, 1.807) is 25.3 Å². The molecule has 27 heavy (non-hydrogen) atoms. The Balaban J connectivity index is 1.96. The molecule has 6 nitrogen and oxygen atoms in total. The Bertz CT molecular complexity index is 793. The number of carbonyl (C=O) groups excluding carboxylic acids is 2. The molecule has 2 aromatic rings. The van der Waals surface area contributed by atoms with E-state index in [0.29, 0.717) is 23.0 Å². The molecule has 144 valence electrons. The van der Waals surface area contributed by atoms with E-state index in [0.717, 1.165) is 11.3 Å². The Kier molecular flexibility index (Phi) is 7.49. The third-order valence-corrected chi connectivity index (χ3v) is 4.26. The Hall–Kier alpha value is -2.73. The molecule has 7 heteroatoms. The van der Waals surface area contributed by atoms with E-state index >= 15 is 0 Å². The minimum Gasteiger partial charge on any atom is -0.497 e. The van der Waals surface area contributed by atoms with E-state index in [9.17, 15) is 9.59 Å². The molecule has 0 saturated carbocycles. The van der Waals surface area contributed by atoms with Crippen LogP contribution in [-0.2, 0) is 16.1 Å². The van der Waals surface area contributed by atoms with Crippen molar-refractivity contribution in [3.05, 3.63) is 53.1 Å². The number of amides is 2. The van der Waals surface area contributed by atoms with E-state index in [1.165, 1.54) is 18.9 Å². The van der Waals surface area contributed by atoms with Gasteiger partial charge in [-0.1, -0.05) is 23.7 Å². The van der Waals surface area contributed by atoms with Gasteiger partial charge in [0.05, 0.1) is 19.9 Å². The topological polar surface area (TPSA) is 67.9 Å². The van der Waals surface area contributed by atoms with Crippen LogP contribution in [0.3, 0.4) is 0 Å². The number of hydrogen-bond donors (Lipinski definition) is 1. The molecule has 0 spiro atoms. The first-order valence-corrected chi connectivity index (χ1v) is 8.83. The van der Waals surface area contributed by atoms with E-state index in [2.05, 4.69) is 5.32 Å². The molecule has 0 saturated heterocycles. The summed E-state index contributed by atoms with van der Waals surface area (Å²) in [7, 11) is 3.12. The Morgan fingerprint density at radius 2 is 1.78 bits per heavy atom. The quantitative estimate of drug-likeness (QED) is 0.750. The molecule has 0 fully saturated rings. The summed E-state index contributed by atoms with van der Waals surface area (Å²) in [5, 5.41) is 3.33. The highest BCUT2D eigenvalue weighted by molar-refractivity contribution is 6.31. The average Bonchev–Trinajstić information content (AvgIpc) is 2.67. The lowest BCUT2D eigenvalue weighted by Gasteiger charge is -2.23.